The third-order valence-electron chi connectivity index (χ3n) is 3.69. The van der Waals surface area contributed by atoms with Crippen LogP contribution in [0.25, 0.3) is 0 Å². The van der Waals surface area contributed by atoms with Crippen LogP contribution < -0.4 is 10.6 Å². The van der Waals surface area contributed by atoms with Crippen LogP contribution in [0.4, 0.5) is 5.69 Å². The number of likely N-dealkylation sites (tertiary alicyclic amines) is 1. The van der Waals surface area contributed by atoms with E-state index in [4.69, 9.17) is 5.73 Å². The van der Waals surface area contributed by atoms with E-state index in [0.29, 0.717) is 13.1 Å². The van der Waals surface area contributed by atoms with E-state index in [1.807, 2.05) is 41.1 Å². The molecular weight excluding hydrogens is 238 g/mol. The SMILES string of the molecule is CN(CC(=O)N1CCCCC1)c1ccc(CN)cc1. The molecule has 0 bridgehead atoms. The van der Waals surface area contributed by atoms with E-state index < -0.39 is 0 Å². The van der Waals surface area contributed by atoms with Gasteiger partial charge in [-0.25, -0.2) is 0 Å². The Hall–Kier alpha value is -1.55. The Balaban J connectivity index is 1.91. The zero-order valence-electron chi connectivity index (χ0n) is 11.6. The van der Waals surface area contributed by atoms with Gasteiger partial charge in [-0.1, -0.05) is 12.1 Å². The van der Waals surface area contributed by atoms with Gasteiger partial charge in [0.2, 0.25) is 5.91 Å². The number of anilines is 1. The molecule has 1 aliphatic rings. The van der Waals surface area contributed by atoms with Crippen LogP contribution in [-0.2, 0) is 11.3 Å². The van der Waals surface area contributed by atoms with E-state index in [-0.39, 0.29) is 5.91 Å². The highest BCUT2D eigenvalue weighted by atomic mass is 16.2. The van der Waals surface area contributed by atoms with Crippen LogP contribution in [0.5, 0.6) is 0 Å². The quantitative estimate of drug-likeness (QED) is 0.895. The van der Waals surface area contributed by atoms with Gasteiger partial charge in [-0.3, -0.25) is 4.79 Å². The summed E-state index contributed by atoms with van der Waals surface area (Å²) in [6, 6.07) is 8.06. The van der Waals surface area contributed by atoms with E-state index in [1.54, 1.807) is 0 Å². The van der Waals surface area contributed by atoms with Crippen molar-refractivity contribution in [2.75, 3.05) is 31.6 Å². The van der Waals surface area contributed by atoms with E-state index >= 15 is 0 Å². The summed E-state index contributed by atoms with van der Waals surface area (Å²) in [4.78, 5) is 16.1. The zero-order chi connectivity index (χ0) is 13.7. The van der Waals surface area contributed by atoms with Crippen LogP contribution in [0.3, 0.4) is 0 Å². The minimum Gasteiger partial charge on any atom is -0.365 e. The number of carbonyl (C=O) groups is 1. The number of carbonyl (C=O) groups excluding carboxylic acids is 1. The fourth-order valence-electron chi connectivity index (χ4n) is 2.42. The molecule has 1 aromatic rings. The fourth-order valence-corrected chi connectivity index (χ4v) is 2.42. The van der Waals surface area contributed by atoms with Crippen molar-refractivity contribution in [3.8, 4) is 0 Å². The first kappa shape index (κ1) is 13.9. The molecule has 0 unspecified atom stereocenters. The number of hydrogen-bond donors (Lipinski definition) is 1. The Bertz CT molecular complexity index is 410. The lowest BCUT2D eigenvalue weighted by atomic mass is 10.1. The van der Waals surface area contributed by atoms with Crippen molar-refractivity contribution in [2.45, 2.75) is 25.8 Å². The molecule has 4 nitrogen and oxygen atoms in total. The lowest BCUT2D eigenvalue weighted by Crippen LogP contribution is -2.41. The number of nitrogens with two attached hydrogens (primary N) is 1. The third kappa shape index (κ3) is 3.70. The van der Waals surface area contributed by atoms with Gasteiger partial charge in [0.25, 0.3) is 0 Å². The van der Waals surface area contributed by atoms with Crippen molar-refractivity contribution in [1.29, 1.82) is 0 Å². The first-order chi connectivity index (χ1) is 9.20. The highest BCUT2D eigenvalue weighted by Gasteiger charge is 2.17. The molecular formula is C15H23N3O. The van der Waals surface area contributed by atoms with Crippen LogP contribution in [0, 0.1) is 0 Å². The van der Waals surface area contributed by atoms with E-state index in [2.05, 4.69) is 0 Å². The smallest absolute Gasteiger partial charge is 0.242 e. The second kappa shape index (κ2) is 6.57. The zero-order valence-corrected chi connectivity index (χ0v) is 11.6. The van der Waals surface area contributed by atoms with Gasteiger partial charge in [-0.2, -0.15) is 0 Å². The fraction of sp³-hybridized carbons (Fsp3) is 0.533. The number of rotatable bonds is 4. The molecule has 4 heteroatoms. The Morgan fingerprint density at radius 3 is 2.42 bits per heavy atom. The summed E-state index contributed by atoms with van der Waals surface area (Å²) in [5.74, 6) is 0.227. The monoisotopic (exact) mass is 261 g/mol. The van der Waals surface area contributed by atoms with Crippen molar-refractivity contribution < 1.29 is 4.79 Å². The molecule has 104 valence electrons. The lowest BCUT2D eigenvalue weighted by Gasteiger charge is -2.29. The van der Waals surface area contributed by atoms with Crippen molar-refractivity contribution in [1.82, 2.24) is 4.90 Å². The molecule has 0 spiro atoms. The molecule has 1 aliphatic heterocycles. The Labute approximate surface area is 115 Å². The summed E-state index contributed by atoms with van der Waals surface area (Å²) in [7, 11) is 1.96. The molecule has 1 saturated heterocycles. The molecule has 0 saturated carbocycles. The van der Waals surface area contributed by atoms with E-state index in [9.17, 15) is 4.79 Å². The summed E-state index contributed by atoms with van der Waals surface area (Å²) in [6.07, 6.45) is 3.53. The predicted octanol–water partition coefficient (Wildman–Crippen LogP) is 1.59. The second-order valence-corrected chi connectivity index (χ2v) is 5.17. The Morgan fingerprint density at radius 1 is 1.21 bits per heavy atom. The summed E-state index contributed by atoms with van der Waals surface area (Å²) in [5.41, 5.74) is 7.75. The summed E-state index contributed by atoms with van der Waals surface area (Å²) in [6.45, 7) is 2.83. The standard InChI is InChI=1S/C15H23N3O/c1-17(14-7-5-13(11-16)6-8-14)12-15(19)18-9-3-2-4-10-18/h5-8H,2-4,9-12,16H2,1H3. The van der Waals surface area contributed by atoms with Gasteiger partial charge in [0, 0.05) is 32.4 Å². The molecule has 0 atom stereocenters. The van der Waals surface area contributed by atoms with E-state index in [1.165, 1.54) is 6.42 Å². The first-order valence-electron chi connectivity index (χ1n) is 6.98. The van der Waals surface area contributed by atoms with Gasteiger partial charge >= 0.3 is 0 Å². The van der Waals surface area contributed by atoms with Gasteiger partial charge < -0.3 is 15.5 Å². The molecule has 19 heavy (non-hydrogen) atoms. The first-order valence-corrected chi connectivity index (χ1v) is 6.98. The van der Waals surface area contributed by atoms with Crippen LogP contribution in [0.2, 0.25) is 0 Å². The van der Waals surface area contributed by atoms with Crippen LogP contribution in [-0.4, -0.2) is 37.5 Å². The van der Waals surface area contributed by atoms with Gasteiger partial charge in [-0.05, 0) is 37.0 Å². The van der Waals surface area contributed by atoms with Crippen molar-refractivity contribution in [3.05, 3.63) is 29.8 Å². The maximum Gasteiger partial charge on any atom is 0.242 e. The normalized spacial score (nSPS) is 15.4. The highest BCUT2D eigenvalue weighted by Crippen LogP contribution is 2.15. The molecule has 1 fully saturated rings. The van der Waals surface area contributed by atoms with E-state index in [0.717, 1.165) is 37.2 Å². The van der Waals surface area contributed by atoms with Crippen molar-refractivity contribution in [3.63, 3.8) is 0 Å². The summed E-state index contributed by atoms with van der Waals surface area (Å²) < 4.78 is 0. The number of amides is 1. The molecule has 1 aromatic carbocycles. The average molecular weight is 261 g/mol. The Kier molecular flexibility index (Phi) is 4.80. The van der Waals surface area contributed by atoms with Crippen LogP contribution in [0.1, 0.15) is 24.8 Å². The topological polar surface area (TPSA) is 49.6 Å². The number of hydrogen-bond acceptors (Lipinski definition) is 3. The summed E-state index contributed by atoms with van der Waals surface area (Å²) >= 11 is 0. The van der Waals surface area contributed by atoms with Gasteiger partial charge in [-0.15, -0.1) is 0 Å². The molecule has 2 rings (SSSR count). The maximum atomic E-state index is 12.2. The molecule has 0 aromatic heterocycles. The molecule has 0 radical (unpaired) electrons. The Morgan fingerprint density at radius 2 is 1.84 bits per heavy atom. The van der Waals surface area contributed by atoms with Crippen LogP contribution >= 0.6 is 0 Å². The number of likely N-dealkylation sites (N-methyl/N-ethyl adjacent to an activating group) is 1. The second-order valence-electron chi connectivity index (χ2n) is 5.17. The maximum absolute atomic E-state index is 12.2. The highest BCUT2D eigenvalue weighted by molar-refractivity contribution is 5.81. The van der Waals surface area contributed by atoms with Gasteiger partial charge in [0.1, 0.15) is 0 Å². The number of nitrogens with zero attached hydrogens (tertiary/aromatic N) is 2. The largest absolute Gasteiger partial charge is 0.365 e. The molecule has 0 aliphatic carbocycles. The minimum atomic E-state index is 0.227. The lowest BCUT2D eigenvalue weighted by molar-refractivity contribution is -0.130. The van der Waals surface area contributed by atoms with Crippen molar-refractivity contribution in [2.24, 2.45) is 5.73 Å². The minimum absolute atomic E-state index is 0.227. The molecule has 1 amide bonds. The number of benzene rings is 1. The van der Waals surface area contributed by atoms with Crippen LogP contribution in [0.15, 0.2) is 24.3 Å². The summed E-state index contributed by atoms with van der Waals surface area (Å²) in [5, 5.41) is 0. The number of piperidine rings is 1. The third-order valence-corrected chi connectivity index (χ3v) is 3.69. The molecule has 2 N–H and O–H groups in total. The van der Waals surface area contributed by atoms with Gasteiger partial charge in [0.15, 0.2) is 0 Å². The molecule has 1 heterocycles. The van der Waals surface area contributed by atoms with Gasteiger partial charge in [0.05, 0.1) is 6.54 Å². The predicted molar refractivity (Wildman–Crippen MR) is 78.0 cm³/mol. The average Bonchev–Trinajstić information content (AvgIpc) is 2.48. The van der Waals surface area contributed by atoms with Crippen molar-refractivity contribution >= 4 is 11.6 Å².